The van der Waals surface area contributed by atoms with Gasteiger partial charge in [0.25, 0.3) is 5.91 Å². The average Bonchev–Trinajstić information content (AvgIpc) is 3.22. The Balaban J connectivity index is 1.83. The Labute approximate surface area is 152 Å². The summed E-state index contributed by atoms with van der Waals surface area (Å²) in [6.45, 7) is 2.52. The van der Waals surface area contributed by atoms with Gasteiger partial charge in [0.05, 0.1) is 17.2 Å². The smallest absolute Gasteiger partial charge is 0.274 e. The lowest BCUT2D eigenvalue weighted by atomic mass is 10.2. The SMILES string of the molecule is CCCCN(C(=O)c1ccn(-c2cccc(F)c2)n1)C1CCS(=O)(=O)C1. The Morgan fingerprint density at radius 2 is 2.19 bits per heavy atom. The molecule has 0 N–H and O–H groups in total. The van der Waals surface area contributed by atoms with Gasteiger partial charge in [0.15, 0.2) is 15.5 Å². The molecule has 1 amide bonds. The highest BCUT2D eigenvalue weighted by Gasteiger charge is 2.35. The van der Waals surface area contributed by atoms with E-state index in [1.165, 1.54) is 16.8 Å². The van der Waals surface area contributed by atoms with E-state index in [0.717, 1.165) is 12.8 Å². The van der Waals surface area contributed by atoms with Crippen LogP contribution in [0.15, 0.2) is 36.5 Å². The van der Waals surface area contributed by atoms with E-state index in [-0.39, 0.29) is 35.0 Å². The van der Waals surface area contributed by atoms with Crippen molar-refractivity contribution < 1.29 is 17.6 Å². The third kappa shape index (κ3) is 4.12. The first kappa shape index (κ1) is 18.6. The lowest BCUT2D eigenvalue weighted by Gasteiger charge is -2.27. The molecule has 3 rings (SSSR count). The number of benzene rings is 1. The molecular formula is C18H22FN3O3S. The van der Waals surface area contributed by atoms with E-state index in [1.54, 1.807) is 29.3 Å². The van der Waals surface area contributed by atoms with E-state index in [2.05, 4.69) is 5.10 Å². The van der Waals surface area contributed by atoms with Crippen molar-refractivity contribution in [3.8, 4) is 5.69 Å². The first-order chi connectivity index (χ1) is 12.4. The highest BCUT2D eigenvalue weighted by atomic mass is 32.2. The molecule has 1 aliphatic heterocycles. The summed E-state index contributed by atoms with van der Waals surface area (Å²) >= 11 is 0. The van der Waals surface area contributed by atoms with Gasteiger partial charge in [-0.25, -0.2) is 17.5 Å². The molecule has 1 atom stereocenters. The Morgan fingerprint density at radius 1 is 1.38 bits per heavy atom. The molecule has 8 heteroatoms. The van der Waals surface area contributed by atoms with Crippen molar-refractivity contribution in [2.75, 3.05) is 18.1 Å². The Bertz CT molecular complexity index is 895. The number of amides is 1. The lowest BCUT2D eigenvalue weighted by molar-refractivity contribution is 0.0687. The quantitative estimate of drug-likeness (QED) is 0.773. The van der Waals surface area contributed by atoms with Gasteiger partial charge in [-0.3, -0.25) is 4.79 Å². The van der Waals surface area contributed by atoms with Crippen molar-refractivity contribution in [3.63, 3.8) is 0 Å². The number of rotatable bonds is 6. The molecule has 1 aromatic heterocycles. The van der Waals surface area contributed by atoms with Crippen molar-refractivity contribution in [1.29, 1.82) is 0 Å². The van der Waals surface area contributed by atoms with Crippen molar-refractivity contribution in [3.05, 3.63) is 48.0 Å². The highest BCUT2D eigenvalue weighted by molar-refractivity contribution is 7.91. The second kappa shape index (κ2) is 7.57. The maximum atomic E-state index is 13.4. The van der Waals surface area contributed by atoms with Crippen LogP contribution >= 0.6 is 0 Å². The standard InChI is InChI=1S/C18H22FN3O3S/c1-2-3-9-21(16-8-11-26(24,25)13-16)18(23)17-7-10-22(20-17)15-6-4-5-14(19)12-15/h4-7,10,12,16H,2-3,8-9,11,13H2,1H3. The molecular weight excluding hydrogens is 357 g/mol. The number of sulfone groups is 1. The van der Waals surface area contributed by atoms with Gasteiger partial charge >= 0.3 is 0 Å². The number of unbranched alkanes of at least 4 members (excludes halogenated alkanes) is 1. The van der Waals surface area contributed by atoms with Crippen molar-refractivity contribution >= 4 is 15.7 Å². The zero-order valence-corrected chi connectivity index (χ0v) is 15.5. The van der Waals surface area contributed by atoms with Gasteiger partial charge in [0.2, 0.25) is 0 Å². The number of hydrogen-bond donors (Lipinski definition) is 0. The van der Waals surface area contributed by atoms with E-state index in [9.17, 15) is 17.6 Å². The van der Waals surface area contributed by atoms with E-state index in [1.807, 2.05) is 6.92 Å². The van der Waals surface area contributed by atoms with Gasteiger partial charge in [-0.15, -0.1) is 0 Å². The minimum Gasteiger partial charge on any atom is -0.333 e. The number of aromatic nitrogens is 2. The minimum absolute atomic E-state index is 0.00700. The maximum Gasteiger partial charge on any atom is 0.274 e. The average molecular weight is 379 g/mol. The Hall–Kier alpha value is -2.22. The van der Waals surface area contributed by atoms with E-state index in [4.69, 9.17) is 0 Å². The van der Waals surface area contributed by atoms with E-state index >= 15 is 0 Å². The monoisotopic (exact) mass is 379 g/mol. The molecule has 0 saturated carbocycles. The number of halogens is 1. The van der Waals surface area contributed by atoms with E-state index < -0.39 is 9.84 Å². The van der Waals surface area contributed by atoms with Gasteiger partial charge < -0.3 is 4.90 Å². The predicted molar refractivity (Wildman–Crippen MR) is 96.5 cm³/mol. The van der Waals surface area contributed by atoms with Gasteiger partial charge in [-0.1, -0.05) is 19.4 Å². The summed E-state index contributed by atoms with van der Waals surface area (Å²) in [5.41, 5.74) is 0.752. The fourth-order valence-electron chi connectivity index (χ4n) is 3.15. The fourth-order valence-corrected chi connectivity index (χ4v) is 4.88. The first-order valence-corrected chi connectivity index (χ1v) is 10.5. The summed E-state index contributed by atoms with van der Waals surface area (Å²) in [4.78, 5) is 14.6. The Morgan fingerprint density at radius 3 is 2.85 bits per heavy atom. The molecule has 0 radical (unpaired) electrons. The van der Waals surface area contributed by atoms with Crippen LogP contribution in [0.1, 0.15) is 36.7 Å². The van der Waals surface area contributed by atoms with Crippen LogP contribution in [0.2, 0.25) is 0 Å². The van der Waals surface area contributed by atoms with Crippen LogP contribution in [0, 0.1) is 5.82 Å². The molecule has 1 aromatic carbocycles. The van der Waals surface area contributed by atoms with Gasteiger partial charge in [0, 0.05) is 18.8 Å². The molecule has 0 aliphatic carbocycles. The molecule has 140 valence electrons. The van der Waals surface area contributed by atoms with Crippen LogP contribution in [0.5, 0.6) is 0 Å². The van der Waals surface area contributed by atoms with Gasteiger partial charge in [0.1, 0.15) is 5.82 Å². The summed E-state index contributed by atoms with van der Waals surface area (Å²) in [6.07, 6.45) is 3.77. The summed E-state index contributed by atoms with van der Waals surface area (Å²) in [7, 11) is -3.08. The van der Waals surface area contributed by atoms with Crippen LogP contribution in [0.4, 0.5) is 4.39 Å². The van der Waals surface area contributed by atoms with Gasteiger partial charge in [-0.2, -0.15) is 5.10 Å². The zero-order chi connectivity index (χ0) is 18.7. The first-order valence-electron chi connectivity index (χ1n) is 8.72. The molecule has 0 bridgehead atoms. The molecule has 6 nitrogen and oxygen atoms in total. The second-order valence-corrected chi connectivity index (χ2v) is 8.76. The summed E-state index contributed by atoms with van der Waals surface area (Å²) in [6, 6.07) is 7.22. The van der Waals surface area contributed by atoms with Crippen LogP contribution < -0.4 is 0 Å². The second-order valence-electron chi connectivity index (χ2n) is 6.53. The number of hydrogen-bond acceptors (Lipinski definition) is 4. The normalized spacial score (nSPS) is 18.8. The molecule has 2 aromatic rings. The minimum atomic E-state index is -3.08. The van der Waals surface area contributed by atoms with Crippen LogP contribution in [0.3, 0.4) is 0 Å². The fraction of sp³-hybridized carbons (Fsp3) is 0.444. The van der Waals surface area contributed by atoms with Crippen molar-refractivity contribution in [2.45, 2.75) is 32.2 Å². The Kier molecular flexibility index (Phi) is 5.41. The molecule has 1 unspecified atom stereocenters. The van der Waals surface area contributed by atoms with Crippen LogP contribution in [-0.2, 0) is 9.84 Å². The third-order valence-corrected chi connectivity index (χ3v) is 6.29. The zero-order valence-electron chi connectivity index (χ0n) is 14.6. The maximum absolute atomic E-state index is 13.4. The van der Waals surface area contributed by atoms with E-state index in [0.29, 0.717) is 18.7 Å². The summed E-state index contributed by atoms with van der Waals surface area (Å²) < 4.78 is 38.4. The lowest BCUT2D eigenvalue weighted by Crippen LogP contribution is -2.42. The third-order valence-electron chi connectivity index (χ3n) is 4.54. The van der Waals surface area contributed by atoms with Crippen molar-refractivity contribution in [1.82, 2.24) is 14.7 Å². The topological polar surface area (TPSA) is 72.3 Å². The van der Waals surface area contributed by atoms with Crippen LogP contribution in [0.25, 0.3) is 5.69 Å². The molecule has 0 spiro atoms. The molecule has 1 aliphatic rings. The van der Waals surface area contributed by atoms with Crippen molar-refractivity contribution in [2.24, 2.45) is 0 Å². The predicted octanol–water partition coefficient (Wildman–Crippen LogP) is 2.44. The van der Waals surface area contributed by atoms with Crippen LogP contribution in [-0.4, -0.2) is 53.1 Å². The number of nitrogens with zero attached hydrogens (tertiary/aromatic N) is 3. The molecule has 1 fully saturated rings. The summed E-state index contributed by atoms with van der Waals surface area (Å²) in [5.74, 6) is -0.541. The number of carbonyl (C=O) groups excluding carboxylic acids is 1. The highest BCUT2D eigenvalue weighted by Crippen LogP contribution is 2.21. The van der Waals surface area contributed by atoms with Gasteiger partial charge in [-0.05, 0) is 37.1 Å². The molecule has 1 saturated heterocycles. The number of carbonyl (C=O) groups is 1. The molecule has 2 heterocycles. The molecule has 26 heavy (non-hydrogen) atoms. The largest absolute Gasteiger partial charge is 0.333 e. The summed E-state index contributed by atoms with van der Waals surface area (Å²) in [5, 5.41) is 4.27.